The van der Waals surface area contributed by atoms with Crippen molar-refractivity contribution in [3.8, 4) is 0 Å². The van der Waals surface area contributed by atoms with Crippen LogP contribution in [0.1, 0.15) is 19.4 Å². The van der Waals surface area contributed by atoms with E-state index < -0.39 is 5.82 Å². The molecule has 0 saturated heterocycles. The molecule has 0 aliphatic rings. The van der Waals surface area contributed by atoms with Gasteiger partial charge in [0.05, 0.1) is 11.3 Å². The standard InChI is InChI=1S/C13H13ClFN3O/c1-9(18-5-4-16-8-18)6-13(19)17-10-2-3-12(15)11(14)7-10/h2-5,7-9H,6H2,1H3,(H,17,19). The summed E-state index contributed by atoms with van der Waals surface area (Å²) in [5.74, 6) is -0.671. The van der Waals surface area contributed by atoms with E-state index in [1.165, 1.54) is 18.2 Å². The first-order valence-corrected chi connectivity index (χ1v) is 6.16. The van der Waals surface area contributed by atoms with Gasteiger partial charge in [0, 0.05) is 30.5 Å². The SMILES string of the molecule is CC(CC(=O)Nc1ccc(F)c(Cl)c1)n1ccnc1. The Morgan fingerprint density at radius 3 is 3.00 bits per heavy atom. The van der Waals surface area contributed by atoms with E-state index in [1.54, 1.807) is 18.7 Å². The molecule has 2 rings (SSSR count). The fraction of sp³-hybridized carbons (Fsp3) is 0.231. The monoisotopic (exact) mass is 281 g/mol. The van der Waals surface area contributed by atoms with Gasteiger partial charge in [0.2, 0.25) is 5.91 Å². The zero-order valence-electron chi connectivity index (χ0n) is 10.3. The molecule has 4 nitrogen and oxygen atoms in total. The molecular formula is C13H13ClFN3O. The van der Waals surface area contributed by atoms with E-state index in [0.717, 1.165) is 0 Å². The Morgan fingerprint density at radius 1 is 1.58 bits per heavy atom. The summed E-state index contributed by atoms with van der Waals surface area (Å²) in [7, 11) is 0. The van der Waals surface area contributed by atoms with Gasteiger partial charge in [0.15, 0.2) is 0 Å². The average Bonchev–Trinajstić information content (AvgIpc) is 2.87. The van der Waals surface area contributed by atoms with E-state index in [9.17, 15) is 9.18 Å². The molecular weight excluding hydrogens is 269 g/mol. The fourth-order valence-electron chi connectivity index (χ4n) is 1.69. The molecule has 1 atom stereocenters. The van der Waals surface area contributed by atoms with Crippen molar-refractivity contribution in [3.05, 3.63) is 47.8 Å². The summed E-state index contributed by atoms with van der Waals surface area (Å²) in [6.07, 6.45) is 5.42. The highest BCUT2D eigenvalue weighted by Gasteiger charge is 2.11. The van der Waals surface area contributed by atoms with Crippen LogP contribution in [0.5, 0.6) is 0 Å². The number of anilines is 1. The summed E-state index contributed by atoms with van der Waals surface area (Å²) in [5, 5.41) is 2.67. The summed E-state index contributed by atoms with van der Waals surface area (Å²) >= 11 is 5.65. The molecule has 1 unspecified atom stereocenters. The third-order valence-electron chi connectivity index (χ3n) is 2.72. The minimum atomic E-state index is -0.508. The minimum absolute atomic E-state index is 0.00146. The Bertz CT molecular complexity index is 571. The molecule has 1 aromatic carbocycles. The van der Waals surface area contributed by atoms with E-state index in [-0.39, 0.29) is 17.0 Å². The van der Waals surface area contributed by atoms with Gasteiger partial charge in [-0.05, 0) is 25.1 Å². The predicted molar refractivity (Wildman–Crippen MR) is 71.6 cm³/mol. The number of hydrogen-bond acceptors (Lipinski definition) is 2. The Labute approximate surface area is 115 Å². The maximum absolute atomic E-state index is 13.0. The van der Waals surface area contributed by atoms with Crippen LogP contribution in [0.2, 0.25) is 5.02 Å². The molecule has 1 aromatic heterocycles. The molecule has 0 aliphatic heterocycles. The van der Waals surface area contributed by atoms with Gasteiger partial charge in [0.1, 0.15) is 5.82 Å². The van der Waals surface area contributed by atoms with Gasteiger partial charge in [-0.15, -0.1) is 0 Å². The maximum atomic E-state index is 13.0. The number of carbonyl (C=O) groups is 1. The first kappa shape index (κ1) is 13.5. The van der Waals surface area contributed by atoms with Crippen molar-refractivity contribution < 1.29 is 9.18 Å². The number of nitrogens with one attached hydrogen (secondary N) is 1. The number of carbonyl (C=O) groups excluding carboxylic acids is 1. The number of benzene rings is 1. The molecule has 100 valence electrons. The zero-order valence-corrected chi connectivity index (χ0v) is 11.1. The van der Waals surface area contributed by atoms with Crippen molar-refractivity contribution in [1.29, 1.82) is 0 Å². The lowest BCUT2D eigenvalue weighted by molar-refractivity contribution is -0.116. The lowest BCUT2D eigenvalue weighted by Crippen LogP contribution is -2.17. The number of nitrogens with zero attached hydrogens (tertiary/aromatic N) is 2. The molecule has 0 fully saturated rings. The van der Waals surface area contributed by atoms with Gasteiger partial charge >= 0.3 is 0 Å². The number of imidazole rings is 1. The second kappa shape index (κ2) is 5.84. The van der Waals surface area contributed by atoms with Crippen molar-refractivity contribution in [3.63, 3.8) is 0 Å². The molecule has 0 aliphatic carbocycles. The zero-order chi connectivity index (χ0) is 13.8. The van der Waals surface area contributed by atoms with Gasteiger partial charge in [-0.3, -0.25) is 4.79 Å². The van der Waals surface area contributed by atoms with Gasteiger partial charge in [-0.1, -0.05) is 11.6 Å². The quantitative estimate of drug-likeness (QED) is 0.935. The van der Waals surface area contributed by atoms with E-state index in [1.807, 2.05) is 11.5 Å². The Balaban J connectivity index is 1.95. The molecule has 0 radical (unpaired) electrons. The highest BCUT2D eigenvalue weighted by Crippen LogP contribution is 2.20. The topological polar surface area (TPSA) is 46.9 Å². The lowest BCUT2D eigenvalue weighted by Gasteiger charge is -2.13. The highest BCUT2D eigenvalue weighted by molar-refractivity contribution is 6.31. The first-order valence-electron chi connectivity index (χ1n) is 5.78. The fourth-order valence-corrected chi connectivity index (χ4v) is 1.87. The number of halogens is 2. The van der Waals surface area contributed by atoms with Crippen molar-refractivity contribution in [2.24, 2.45) is 0 Å². The van der Waals surface area contributed by atoms with Crippen LogP contribution in [0.15, 0.2) is 36.9 Å². The maximum Gasteiger partial charge on any atom is 0.226 e. The number of hydrogen-bond donors (Lipinski definition) is 1. The smallest absolute Gasteiger partial charge is 0.226 e. The number of rotatable bonds is 4. The molecule has 19 heavy (non-hydrogen) atoms. The lowest BCUT2D eigenvalue weighted by atomic mass is 10.2. The third kappa shape index (κ3) is 3.54. The molecule has 1 N–H and O–H groups in total. The van der Waals surface area contributed by atoms with Crippen molar-refractivity contribution in [2.75, 3.05) is 5.32 Å². The number of aromatic nitrogens is 2. The molecule has 1 heterocycles. The predicted octanol–water partition coefficient (Wildman–Crippen LogP) is 3.27. The van der Waals surface area contributed by atoms with E-state index in [2.05, 4.69) is 10.3 Å². The van der Waals surface area contributed by atoms with Crippen molar-refractivity contribution in [2.45, 2.75) is 19.4 Å². The average molecular weight is 282 g/mol. The molecule has 0 saturated carbocycles. The molecule has 0 spiro atoms. The summed E-state index contributed by atoms with van der Waals surface area (Å²) in [5.41, 5.74) is 0.481. The Morgan fingerprint density at radius 2 is 2.37 bits per heavy atom. The van der Waals surface area contributed by atoms with Gasteiger partial charge in [-0.2, -0.15) is 0 Å². The van der Waals surface area contributed by atoms with Gasteiger partial charge in [-0.25, -0.2) is 9.37 Å². The molecule has 6 heteroatoms. The molecule has 2 aromatic rings. The van der Waals surface area contributed by atoms with Crippen LogP contribution in [0.25, 0.3) is 0 Å². The molecule has 0 bridgehead atoms. The van der Waals surface area contributed by atoms with Crippen LogP contribution in [-0.2, 0) is 4.79 Å². The van der Waals surface area contributed by atoms with Gasteiger partial charge in [0.25, 0.3) is 0 Å². The highest BCUT2D eigenvalue weighted by atomic mass is 35.5. The largest absolute Gasteiger partial charge is 0.334 e. The van der Waals surface area contributed by atoms with Crippen molar-refractivity contribution in [1.82, 2.24) is 9.55 Å². The summed E-state index contributed by atoms with van der Waals surface area (Å²) in [6.45, 7) is 1.92. The molecule has 1 amide bonds. The van der Waals surface area contributed by atoms with Crippen molar-refractivity contribution >= 4 is 23.2 Å². The van der Waals surface area contributed by atoms with Crippen LogP contribution in [0.3, 0.4) is 0 Å². The third-order valence-corrected chi connectivity index (χ3v) is 3.01. The van der Waals surface area contributed by atoms with E-state index >= 15 is 0 Å². The summed E-state index contributed by atoms with van der Waals surface area (Å²) < 4.78 is 14.8. The Hall–Kier alpha value is -1.88. The van der Waals surface area contributed by atoms with Crippen LogP contribution >= 0.6 is 11.6 Å². The van der Waals surface area contributed by atoms with Crippen LogP contribution in [-0.4, -0.2) is 15.5 Å². The second-order valence-electron chi connectivity index (χ2n) is 4.24. The summed E-state index contributed by atoms with van der Waals surface area (Å²) in [6, 6.07) is 4.08. The minimum Gasteiger partial charge on any atom is -0.334 e. The Kier molecular flexibility index (Phi) is 4.16. The van der Waals surface area contributed by atoms with Gasteiger partial charge < -0.3 is 9.88 Å². The van der Waals surface area contributed by atoms with E-state index in [4.69, 9.17) is 11.6 Å². The first-order chi connectivity index (χ1) is 9.06. The van der Waals surface area contributed by atoms with Crippen LogP contribution in [0, 0.1) is 5.82 Å². The van der Waals surface area contributed by atoms with E-state index in [0.29, 0.717) is 12.1 Å². The normalized spacial score (nSPS) is 12.2. The number of amides is 1. The van der Waals surface area contributed by atoms with Crippen LogP contribution in [0.4, 0.5) is 10.1 Å². The second-order valence-corrected chi connectivity index (χ2v) is 4.65. The summed E-state index contributed by atoms with van der Waals surface area (Å²) in [4.78, 5) is 15.8. The van der Waals surface area contributed by atoms with Crippen LogP contribution < -0.4 is 5.32 Å².